The van der Waals surface area contributed by atoms with E-state index in [4.69, 9.17) is 4.74 Å². The van der Waals surface area contributed by atoms with E-state index in [1.165, 1.54) is 0 Å². The van der Waals surface area contributed by atoms with Gasteiger partial charge in [0.05, 0.1) is 5.69 Å². The minimum Gasteiger partial charge on any atom is -0.483 e. The molecule has 2 amide bonds. The molecule has 0 fully saturated rings. The number of nitrogens with zero attached hydrogens (tertiary/aromatic N) is 3. The zero-order valence-electron chi connectivity index (χ0n) is 19.6. The Morgan fingerprint density at radius 1 is 1.06 bits per heavy atom. The Bertz CT molecular complexity index is 1150. The SMILES string of the molecule is Cc1ccc(C(C)C)c(OCC(=O)NNC(=O)CCc2c(C)nc3cc(C)nn3c2C)c1. The molecule has 2 heterocycles. The van der Waals surface area contributed by atoms with Crippen LogP contribution in [0.1, 0.15) is 60.0 Å². The molecule has 0 aliphatic carbocycles. The molecule has 0 aliphatic rings. The summed E-state index contributed by atoms with van der Waals surface area (Å²) in [5.74, 6) is 0.258. The van der Waals surface area contributed by atoms with Crippen molar-refractivity contribution in [1.82, 2.24) is 25.4 Å². The van der Waals surface area contributed by atoms with Crippen molar-refractivity contribution in [2.75, 3.05) is 6.61 Å². The van der Waals surface area contributed by atoms with E-state index in [2.05, 4.69) is 34.8 Å². The molecule has 0 radical (unpaired) electrons. The zero-order valence-corrected chi connectivity index (χ0v) is 19.6. The summed E-state index contributed by atoms with van der Waals surface area (Å²) in [6.45, 7) is 11.8. The number of hydrazine groups is 1. The second-order valence-electron chi connectivity index (χ2n) is 8.40. The first-order chi connectivity index (χ1) is 15.2. The fourth-order valence-corrected chi connectivity index (χ4v) is 3.67. The molecule has 170 valence electrons. The van der Waals surface area contributed by atoms with E-state index in [-0.39, 0.29) is 24.9 Å². The second-order valence-corrected chi connectivity index (χ2v) is 8.40. The highest BCUT2D eigenvalue weighted by Crippen LogP contribution is 2.27. The number of aromatic nitrogens is 3. The monoisotopic (exact) mass is 437 g/mol. The number of amides is 2. The Hall–Kier alpha value is -3.42. The van der Waals surface area contributed by atoms with E-state index >= 15 is 0 Å². The lowest BCUT2D eigenvalue weighted by Gasteiger charge is -2.15. The van der Waals surface area contributed by atoms with Gasteiger partial charge in [-0.1, -0.05) is 26.0 Å². The van der Waals surface area contributed by atoms with Gasteiger partial charge in [0, 0.05) is 23.9 Å². The lowest BCUT2D eigenvalue weighted by Crippen LogP contribution is -2.44. The first-order valence-electron chi connectivity index (χ1n) is 10.8. The average molecular weight is 438 g/mol. The van der Waals surface area contributed by atoms with Gasteiger partial charge >= 0.3 is 0 Å². The molecule has 3 rings (SSSR count). The molecule has 8 heteroatoms. The number of benzene rings is 1. The van der Waals surface area contributed by atoms with Gasteiger partial charge < -0.3 is 4.74 Å². The predicted molar refractivity (Wildman–Crippen MR) is 123 cm³/mol. The maximum absolute atomic E-state index is 12.3. The average Bonchev–Trinajstić information content (AvgIpc) is 3.10. The highest BCUT2D eigenvalue weighted by atomic mass is 16.5. The molecule has 0 bridgehead atoms. The highest BCUT2D eigenvalue weighted by Gasteiger charge is 2.14. The molecule has 0 saturated carbocycles. The van der Waals surface area contributed by atoms with Crippen molar-refractivity contribution in [2.24, 2.45) is 0 Å². The number of aryl methyl sites for hydroxylation is 4. The number of carbonyl (C=O) groups is 2. The number of hydrogen-bond acceptors (Lipinski definition) is 5. The molecule has 8 nitrogen and oxygen atoms in total. The molecule has 3 aromatic rings. The smallest absolute Gasteiger partial charge is 0.276 e. The van der Waals surface area contributed by atoms with Gasteiger partial charge in [-0.3, -0.25) is 20.4 Å². The molecule has 2 N–H and O–H groups in total. The molecule has 1 aromatic carbocycles. The van der Waals surface area contributed by atoms with Crippen LogP contribution in [0.15, 0.2) is 24.3 Å². The van der Waals surface area contributed by atoms with Gasteiger partial charge in [0.2, 0.25) is 5.91 Å². The molecule has 0 atom stereocenters. The minimum atomic E-state index is -0.419. The molecular weight excluding hydrogens is 406 g/mol. The van der Waals surface area contributed by atoms with Crippen LogP contribution in [0.5, 0.6) is 5.75 Å². The second kappa shape index (κ2) is 9.80. The Kier molecular flexibility index (Phi) is 7.12. The van der Waals surface area contributed by atoms with Gasteiger partial charge in [0.15, 0.2) is 12.3 Å². The topological polar surface area (TPSA) is 97.6 Å². The van der Waals surface area contributed by atoms with Crippen LogP contribution in [0.3, 0.4) is 0 Å². The summed E-state index contributed by atoms with van der Waals surface area (Å²) in [5.41, 5.74) is 11.5. The highest BCUT2D eigenvalue weighted by molar-refractivity contribution is 5.82. The van der Waals surface area contributed by atoms with E-state index in [1.807, 2.05) is 52.0 Å². The quantitative estimate of drug-likeness (QED) is 0.553. The first kappa shape index (κ1) is 23.2. The molecule has 0 unspecified atom stereocenters. The lowest BCUT2D eigenvalue weighted by atomic mass is 10.0. The van der Waals surface area contributed by atoms with Crippen LogP contribution in [0.4, 0.5) is 0 Å². The zero-order chi connectivity index (χ0) is 23.4. The van der Waals surface area contributed by atoms with Gasteiger partial charge in [0.1, 0.15) is 5.75 Å². The number of nitrogens with one attached hydrogen (secondary N) is 2. The summed E-state index contributed by atoms with van der Waals surface area (Å²) in [5, 5.41) is 4.45. The number of fused-ring (bicyclic) bond motifs is 1. The van der Waals surface area contributed by atoms with Gasteiger partial charge in [-0.05, 0) is 62.8 Å². The Morgan fingerprint density at radius 3 is 2.50 bits per heavy atom. The van der Waals surface area contributed by atoms with Crippen molar-refractivity contribution >= 4 is 17.5 Å². The summed E-state index contributed by atoms with van der Waals surface area (Å²) >= 11 is 0. The molecule has 0 saturated heterocycles. The fraction of sp³-hybridized carbons (Fsp3) is 0.417. The van der Waals surface area contributed by atoms with Crippen molar-refractivity contribution in [3.63, 3.8) is 0 Å². The Labute approximate surface area is 188 Å². The Morgan fingerprint density at radius 2 is 1.78 bits per heavy atom. The van der Waals surface area contributed by atoms with E-state index < -0.39 is 5.91 Å². The molecular formula is C24H31N5O3. The number of rotatable bonds is 7. The maximum Gasteiger partial charge on any atom is 0.276 e. The van der Waals surface area contributed by atoms with E-state index in [0.29, 0.717) is 12.2 Å². The van der Waals surface area contributed by atoms with Crippen LogP contribution < -0.4 is 15.6 Å². The molecule has 0 aliphatic heterocycles. The van der Waals surface area contributed by atoms with Crippen LogP contribution in [0.2, 0.25) is 0 Å². The third-order valence-electron chi connectivity index (χ3n) is 5.38. The van der Waals surface area contributed by atoms with Gasteiger partial charge in [0.25, 0.3) is 5.91 Å². The van der Waals surface area contributed by atoms with Crippen LogP contribution in [0, 0.1) is 27.7 Å². The van der Waals surface area contributed by atoms with Crippen molar-refractivity contribution in [3.8, 4) is 5.75 Å². The normalized spacial score (nSPS) is 11.1. The summed E-state index contributed by atoms with van der Waals surface area (Å²) in [4.78, 5) is 29.0. The van der Waals surface area contributed by atoms with E-state index in [1.54, 1.807) is 4.52 Å². The van der Waals surface area contributed by atoms with Gasteiger partial charge in [-0.2, -0.15) is 5.10 Å². The van der Waals surface area contributed by atoms with Crippen molar-refractivity contribution < 1.29 is 14.3 Å². The molecule has 0 spiro atoms. The van der Waals surface area contributed by atoms with Gasteiger partial charge in [-0.25, -0.2) is 9.50 Å². The number of ether oxygens (including phenoxy) is 1. The maximum atomic E-state index is 12.3. The summed E-state index contributed by atoms with van der Waals surface area (Å²) < 4.78 is 7.49. The largest absolute Gasteiger partial charge is 0.483 e. The van der Waals surface area contributed by atoms with Crippen LogP contribution >= 0.6 is 0 Å². The molecule has 2 aromatic heterocycles. The van der Waals surface area contributed by atoms with E-state index in [0.717, 1.165) is 39.4 Å². The lowest BCUT2D eigenvalue weighted by molar-refractivity contribution is -0.130. The first-order valence-corrected chi connectivity index (χ1v) is 10.8. The number of hydrogen-bond donors (Lipinski definition) is 2. The fourth-order valence-electron chi connectivity index (χ4n) is 3.67. The van der Waals surface area contributed by atoms with Crippen LogP contribution in [0.25, 0.3) is 5.65 Å². The van der Waals surface area contributed by atoms with Crippen molar-refractivity contribution in [2.45, 2.75) is 60.3 Å². The Balaban J connectivity index is 1.51. The summed E-state index contributed by atoms with van der Waals surface area (Å²) in [6, 6.07) is 7.87. The summed E-state index contributed by atoms with van der Waals surface area (Å²) in [6.07, 6.45) is 0.713. The van der Waals surface area contributed by atoms with Crippen LogP contribution in [-0.2, 0) is 16.0 Å². The standard InChI is InChI=1S/C24H31N5O3/c1-14(2)19-8-7-15(3)11-21(19)32-13-24(31)27-26-23(30)10-9-20-17(5)25-22-12-16(4)28-29(22)18(20)6/h7-8,11-12,14H,9-10,13H2,1-6H3,(H,26,30)(H,27,31). The van der Waals surface area contributed by atoms with Crippen molar-refractivity contribution in [3.05, 3.63) is 58.0 Å². The number of carbonyl (C=O) groups excluding carboxylic acids is 2. The van der Waals surface area contributed by atoms with E-state index in [9.17, 15) is 9.59 Å². The predicted octanol–water partition coefficient (Wildman–Crippen LogP) is 3.25. The summed E-state index contributed by atoms with van der Waals surface area (Å²) in [7, 11) is 0. The molecule has 32 heavy (non-hydrogen) atoms. The van der Waals surface area contributed by atoms with Crippen molar-refractivity contribution in [1.29, 1.82) is 0 Å². The van der Waals surface area contributed by atoms with Gasteiger partial charge in [-0.15, -0.1) is 0 Å². The minimum absolute atomic E-state index is 0.180. The third-order valence-corrected chi connectivity index (χ3v) is 5.38. The van der Waals surface area contributed by atoms with Crippen LogP contribution in [-0.4, -0.2) is 33.0 Å². The third kappa shape index (κ3) is 5.43.